The van der Waals surface area contributed by atoms with Gasteiger partial charge in [-0.25, -0.2) is 5.43 Å². The van der Waals surface area contributed by atoms with Gasteiger partial charge in [-0.3, -0.25) is 14.4 Å². The highest BCUT2D eigenvalue weighted by Crippen LogP contribution is 2.66. The lowest BCUT2D eigenvalue weighted by Gasteiger charge is -2.58. The third-order valence-electron chi connectivity index (χ3n) is 9.16. The number of ketones is 1. The number of fused-ring (bicyclic) bond motifs is 5. The van der Waals surface area contributed by atoms with Crippen molar-refractivity contribution in [2.45, 2.75) is 59.0 Å². The molecule has 8 heteroatoms. The second-order valence-corrected chi connectivity index (χ2v) is 11.2. The van der Waals surface area contributed by atoms with E-state index >= 15 is 0 Å². The van der Waals surface area contributed by atoms with E-state index in [-0.39, 0.29) is 40.9 Å². The summed E-state index contributed by atoms with van der Waals surface area (Å²) in [5.74, 6) is -0.366. The van der Waals surface area contributed by atoms with Gasteiger partial charge in [0.05, 0.1) is 18.4 Å². The summed E-state index contributed by atoms with van der Waals surface area (Å²) in [6.07, 6.45) is 9.55. The maximum Gasteiger partial charge on any atom is 0.259 e. The number of rotatable bonds is 6. The molecule has 3 saturated carbocycles. The number of Topliss-reactive ketones (excluding diaryl/α,β-unsaturated/α-hetero) is 1. The summed E-state index contributed by atoms with van der Waals surface area (Å²) in [5, 5.41) is 27.6. The quantitative estimate of drug-likeness (QED) is 0.340. The van der Waals surface area contributed by atoms with E-state index in [1.54, 1.807) is 6.92 Å². The third kappa shape index (κ3) is 4.42. The van der Waals surface area contributed by atoms with Crippen LogP contribution in [0.4, 0.5) is 0 Å². The van der Waals surface area contributed by atoms with Crippen LogP contribution >= 0.6 is 0 Å². The molecule has 0 aromatic rings. The average Bonchev–Trinajstić information content (AvgIpc) is 3.16. The number of nitrogens with one attached hydrogen (secondary N) is 2. The molecule has 8 nitrogen and oxygen atoms in total. The Kier molecular flexibility index (Phi) is 6.90. The Bertz CT molecular complexity index is 1030. The van der Waals surface area contributed by atoms with Crippen LogP contribution in [-0.2, 0) is 14.4 Å². The summed E-state index contributed by atoms with van der Waals surface area (Å²) in [7, 11) is 0. The monoisotopic (exact) mass is 483 g/mol. The Morgan fingerprint density at radius 3 is 2.66 bits per heavy atom. The van der Waals surface area contributed by atoms with Crippen molar-refractivity contribution >= 4 is 23.3 Å². The zero-order valence-electron chi connectivity index (χ0n) is 20.8. The summed E-state index contributed by atoms with van der Waals surface area (Å²) >= 11 is 0. The molecule has 0 saturated heterocycles. The van der Waals surface area contributed by atoms with E-state index in [4.69, 9.17) is 0 Å². The van der Waals surface area contributed by atoms with Crippen molar-refractivity contribution in [1.29, 1.82) is 0 Å². The van der Waals surface area contributed by atoms with Crippen LogP contribution in [0.1, 0.15) is 52.9 Å². The van der Waals surface area contributed by atoms with Crippen LogP contribution in [-0.4, -0.2) is 52.8 Å². The topological polar surface area (TPSA) is 128 Å². The molecule has 0 bridgehead atoms. The molecule has 3 fully saturated rings. The first-order chi connectivity index (χ1) is 16.5. The Morgan fingerprint density at radius 1 is 1.23 bits per heavy atom. The normalized spacial score (nSPS) is 38.6. The molecule has 4 aliphatic carbocycles. The van der Waals surface area contributed by atoms with Gasteiger partial charge in [-0.15, -0.1) is 0 Å². The van der Waals surface area contributed by atoms with E-state index in [0.29, 0.717) is 29.5 Å². The highest BCUT2D eigenvalue weighted by Gasteiger charge is 2.62. The second kappa shape index (κ2) is 9.47. The first-order valence-electron chi connectivity index (χ1n) is 12.5. The first-order valence-corrected chi connectivity index (χ1v) is 12.5. The lowest BCUT2D eigenvalue weighted by Crippen LogP contribution is -2.56. The van der Waals surface area contributed by atoms with Gasteiger partial charge in [0, 0.05) is 22.8 Å². The number of hydrogen-bond donors (Lipinski definition) is 4. The van der Waals surface area contributed by atoms with Crippen molar-refractivity contribution in [2.24, 2.45) is 39.6 Å². The fourth-order valence-electron chi connectivity index (χ4n) is 7.52. The number of allylic oxidation sites excluding steroid dienone is 4. The number of carbonyl (C=O) groups excluding carboxylic acids is 3. The van der Waals surface area contributed by atoms with E-state index in [2.05, 4.69) is 42.3 Å². The molecule has 2 amide bonds. The molecule has 4 aliphatic rings. The highest BCUT2D eigenvalue weighted by atomic mass is 16.3. The molecule has 0 aromatic heterocycles. The molecule has 4 rings (SSSR count). The first kappa shape index (κ1) is 25.5. The van der Waals surface area contributed by atoms with Crippen molar-refractivity contribution in [3.8, 4) is 0 Å². The summed E-state index contributed by atoms with van der Waals surface area (Å²) in [6.45, 7) is 8.81. The molecular formula is C27H37N3O5. The Balaban J connectivity index is 1.48. The zero-order chi connectivity index (χ0) is 25.5. The smallest absolute Gasteiger partial charge is 0.259 e. The molecule has 0 aromatic carbocycles. The van der Waals surface area contributed by atoms with Gasteiger partial charge in [0.15, 0.2) is 5.78 Å². The van der Waals surface area contributed by atoms with Crippen LogP contribution in [0, 0.1) is 34.5 Å². The molecule has 190 valence electrons. The van der Waals surface area contributed by atoms with Gasteiger partial charge >= 0.3 is 0 Å². The minimum atomic E-state index is -0.540. The summed E-state index contributed by atoms with van der Waals surface area (Å²) in [5.41, 5.74) is 4.04. The average molecular weight is 484 g/mol. The largest absolute Gasteiger partial charge is 0.393 e. The van der Waals surface area contributed by atoms with E-state index in [0.717, 1.165) is 25.7 Å². The fourth-order valence-corrected chi connectivity index (χ4v) is 7.52. The number of amides is 2. The van der Waals surface area contributed by atoms with Gasteiger partial charge in [0.2, 0.25) is 5.91 Å². The maximum absolute atomic E-state index is 12.5. The molecule has 0 spiro atoms. The van der Waals surface area contributed by atoms with Crippen LogP contribution in [0.2, 0.25) is 0 Å². The minimum absolute atomic E-state index is 0.0494. The van der Waals surface area contributed by atoms with Crippen LogP contribution in [0.15, 0.2) is 41.1 Å². The molecule has 7 unspecified atom stereocenters. The van der Waals surface area contributed by atoms with Crippen molar-refractivity contribution < 1.29 is 24.6 Å². The van der Waals surface area contributed by atoms with Gasteiger partial charge in [-0.1, -0.05) is 32.1 Å². The summed E-state index contributed by atoms with van der Waals surface area (Å²) in [4.78, 5) is 36.1. The SMILES string of the molecule is C=C(C)C(=O)NCC(=O)N/N=C1\C=CC2(C)C(=C1)CCC1C2C(O)CC2(C)C(C(=O)CO)CCC12. The van der Waals surface area contributed by atoms with E-state index in [1.807, 2.05) is 12.2 Å². The van der Waals surface area contributed by atoms with E-state index in [1.165, 1.54) is 5.57 Å². The third-order valence-corrected chi connectivity index (χ3v) is 9.16. The molecule has 0 radical (unpaired) electrons. The van der Waals surface area contributed by atoms with E-state index in [9.17, 15) is 24.6 Å². The van der Waals surface area contributed by atoms with Crippen molar-refractivity contribution in [3.63, 3.8) is 0 Å². The number of nitrogens with zero attached hydrogens (tertiary/aromatic N) is 1. The Hall–Kier alpha value is -2.58. The lowest BCUT2D eigenvalue weighted by molar-refractivity contribution is -0.140. The van der Waals surface area contributed by atoms with Gasteiger partial charge in [-0.2, -0.15) is 5.10 Å². The Morgan fingerprint density at radius 2 is 1.97 bits per heavy atom. The predicted molar refractivity (Wildman–Crippen MR) is 132 cm³/mol. The van der Waals surface area contributed by atoms with Gasteiger partial charge < -0.3 is 15.5 Å². The van der Waals surface area contributed by atoms with Crippen LogP contribution in [0.3, 0.4) is 0 Å². The molecular weight excluding hydrogens is 446 g/mol. The van der Waals surface area contributed by atoms with Gasteiger partial charge in [0.1, 0.15) is 6.61 Å². The predicted octanol–water partition coefficient (Wildman–Crippen LogP) is 2.04. The standard InChI is InChI=1S/C27H37N3O5/c1-15(2)25(35)28-13-23(34)30-29-17-9-10-26(3)16(11-17)5-6-18-19-7-8-20(22(33)14-31)27(19,4)12-21(32)24(18)26/h9-11,18-21,24,31-32H,1,5-8,12-14H2,2-4H3,(H,28,35)(H,30,34)/b29-17+. The molecule has 0 aliphatic heterocycles. The molecule has 7 atom stereocenters. The lowest BCUT2D eigenvalue weighted by atomic mass is 9.46. The summed E-state index contributed by atoms with van der Waals surface area (Å²) < 4.78 is 0. The summed E-state index contributed by atoms with van der Waals surface area (Å²) in [6, 6.07) is 0. The van der Waals surface area contributed by atoms with Crippen molar-refractivity contribution in [3.05, 3.63) is 36.0 Å². The van der Waals surface area contributed by atoms with Gasteiger partial charge in [0.25, 0.3) is 5.91 Å². The number of aliphatic hydroxyl groups is 2. The van der Waals surface area contributed by atoms with Crippen LogP contribution < -0.4 is 10.7 Å². The Labute approximate surface area is 206 Å². The van der Waals surface area contributed by atoms with Crippen molar-refractivity contribution in [2.75, 3.05) is 13.2 Å². The molecule has 0 heterocycles. The highest BCUT2D eigenvalue weighted by molar-refractivity contribution is 6.06. The van der Waals surface area contributed by atoms with E-state index < -0.39 is 18.6 Å². The number of carbonyl (C=O) groups is 3. The second-order valence-electron chi connectivity index (χ2n) is 11.2. The number of hydrogen-bond acceptors (Lipinski definition) is 6. The van der Waals surface area contributed by atoms with Gasteiger partial charge in [-0.05, 0) is 68.4 Å². The van der Waals surface area contributed by atoms with Crippen LogP contribution in [0.25, 0.3) is 0 Å². The van der Waals surface area contributed by atoms with Crippen LogP contribution in [0.5, 0.6) is 0 Å². The number of aliphatic hydroxyl groups excluding tert-OH is 2. The molecule has 35 heavy (non-hydrogen) atoms. The molecule has 4 N–H and O–H groups in total. The maximum atomic E-state index is 12.5. The zero-order valence-corrected chi connectivity index (χ0v) is 20.8. The van der Waals surface area contributed by atoms with Crippen molar-refractivity contribution in [1.82, 2.24) is 10.7 Å². The number of hydrazone groups is 1. The fraction of sp³-hybridized carbons (Fsp3) is 0.630. The minimum Gasteiger partial charge on any atom is -0.393 e.